The highest BCUT2D eigenvalue weighted by Crippen LogP contribution is 2.30. The van der Waals surface area contributed by atoms with E-state index in [0.717, 1.165) is 11.8 Å². The van der Waals surface area contributed by atoms with Crippen LogP contribution >= 0.6 is 11.8 Å². The van der Waals surface area contributed by atoms with Crippen LogP contribution in [0, 0.1) is 0 Å². The van der Waals surface area contributed by atoms with Crippen molar-refractivity contribution in [1.29, 1.82) is 0 Å². The van der Waals surface area contributed by atoms with E-state index in [0.29, 0.717) is 10.4 Å². The van der Waals surface area contributed by atoms with E-state index in [1.165, 1.54) is 4.90 Å². The number of nitrogen functional groups attached to an aromatic ring is 1. The van der Waals surface area contributed by atoms with Crippen molar-refractivity contribution < 1.29 is 18.0 Å². The van der Waals surface area contributed by atoms with E-state index in [1.807, 2.05) is 6.07 Å². The fraction of sp³-hybridized carbons (Fsp3) is 0.308. The molecule has 0 fully saturated rings. The van der Waals surface area contributed by atoms with E-state index in [1.54, 1.807) is 38.2 Å². The predicted molar refractivity (Wildman–Crippen MR) is 80.3 cm³/mol. The number of para-hydroxylation sites is 1. The van der Waals surface area contributed by atoms with Crippen LogP contribution in [0.15, 0.2) is 35.5 Å². The summed E-state index contributed by atoms with van der Waals surface area (Å²) in [5, 5.41) is 5.55. The number of benzene rings is 1. The third-order valence-electron chi connectivity index (χ3n) is 3.02. The predicted octanol–water partition coefficient (Wildman–Crippen LogP) is 2.15. The van der Waals surface area contributed by atoms with Crippen LogP contribution in [0.2, 0.25) is 0 Å². The average molecular weight is 345 g/mol. The van der Waals surface area contributed by atoms with Gasteiger partial charge in [-0.3, -0.25) is 4.79 Å². The van der Waals surface area contributed by atoms with Crippen molar-refractivity contribution in [3.8, 4) is 0 Å². The zero-order valence-electron chi connectivity index (χ0n) is 12.3. The molecule has 1 amide bonds. The van der Waals surface area contributed by atoms with Crippen LogP contribution in [-0.4, -0.2) is 33.1 Å². The summed E-state index contributed by atoms with van der Waals surface area (Å²) in [6.45, 7) is 1.56. The second-order valence-electron chi connectivity index (χ2n) is 4.67. The molecule has 0 aliphatic carbocycles. The van der Waals surface area contributed by atoms with E-state index in [2.05, 4.69) is 10.2 Å². The number of hydrogen-bond acceptors (Lipinski definition) is 5. The quantitative estimate of drug-likeness (QED) is 0.679. The van der Waals surface area contributed by atoms with Crippen molar-refractivity contribution in [1.82, 2.24) is 14.9 Å². The first-order valence-corrected chi connectivity index (χ1v) is 7.36. The number of carbonyl (C=O) groups is 1. The molecule has 0 bridgehead atoms. The standard InChI is InChI=1S/C13H14F3N5OS/c1-8(10(22)20(2)9-6-4-3-5-7-9)23-12-19-18-11(21(12)17)13(14,15)16/h3-8H,17H2,1-2H3. The second kappa shape index (κ2) is 6.49. The molecule has 0 aliphatic heterocycles. The molecule has 1 heterocycles. The molecular weight excluding hydrogens is 331 g/mol. The van der Waals surface area contributed by atoms with Crippen molar-refractivity contribution in [3.63, 3.8) is 0 Å². The van der Waals surface area contributed by atoms with E-state index in [-0.39, 0.29) is 11.1 Å². The lowest BCUT2D eigenvalue weighted by Crippen LogP contribution is -2.33. The van der Waals surface area contributed by atoms with E-state index in [4.69, 9.17) is 5.84 Å². The van der Waals surface area contributed by atoms with E-state index < -0.39 is 17.3 Å². The van der Waals surface area contributed by atoms with E-state index in [9.17, 15) is 18.0 Å². The first-order chi connectivity index (χ1) is 10.7. The van der Waals surface area contributed by atoms with Gasteiger partial charge < -0.3 is 10.7 Å². The number of aromatic nitrogens is 3. The molecule has 2 N–H and O–H groups in total. The maximum absolute atomic E-state index is 12.6. The summed E-state index contributed by atoms with van der Waals surface area (Å²) < 4.78 is 38.2. The van der Waals surface area contributed by atoms with Crippen LogP contribution in [0.5, 0.6) is 0 Å². The highest BCUT2D eigenvalue weighted by atomic mass is 32.2. The number of carbonyl (C=O) groups excluding carboxylic acids is 1. The first-order valence-electron chi connectivity index (χ1n) is 6.48. The van der Waals surface area contributed by atoms with Gasteiger partial charge in [-0.1, -0.05) is 30.0 Å². The van der Waals surface area contributed by atoms with Crippen molar-refractivity contribution in [2.24, 2.45) is 0 Å². The Hall–Kier alpha value is -2.23. The average Bonchev–Trinajstić information content (AvgIpc) is 2.87. The SMILES string of the molecule is CC(Sc1nnc(C(F)(F)F)n1N)C(=O)N(C)c1ccccc1. The van der Waals surface area contributed by atoms with Crippen molar-refractivity contribution in [2.45, 2.75) is 23.5 Å². The van der Waals surface area contributed by atoms with Gasteiger partial charge in [0.1, 0.15) is 0 Å². The van der Waals surface area contributed by atoms with Gasteiger partial charge in [-0.05, 0) is 19.1 Å². The Morgan fingerprint density at radius 2 is 1.91 bits per heavy atom. The molecule has 1 unspecified atom stereocenters. The van der Waals surface area contributed by atoms with Gasteiger partial charge in [0, 0.05) is 12.7 Å². The minimum atomic E-state index is -4.70. The summed E-state index contributed by atoms with van der Waals surface area (Å²) in [4.78, 5) is 13.8. The van der Waals surface area contributed by atoms with Crippen LogP contribution in [0.4, 0.5) is 18.9 Å². The number of nitrogens with two attached hydrogens (primary N) is 1. The Balaban J connectivity index is 2.12. The third-order valence-corrected chi connectivity index (χ3v) is 4.07. The Morgan fingerprint density at radius 3 is 2.43 bits per heavy atom. The number of rotatable bonds is 4. The van der Waals surface area contributed by atoms with Crippen molar-refractivity contribution in [3.05, 3.63) is 36.2 Å². The summed E-state index contributed by atoms with van der Waals surface area (Å²) in [5.41, 5.74) is 0.676. The number of halogens is 3. The summed E-state index contributed by atoms with van der Waals surface area (Å²) in [7, 11) is 1.59. The summed E-state index contributed by atoms with van der Waals surface area (Å²) in [6, 6.07) is 8.88. The van der Waals surface area contributed by atoms with Gasteiger partial charge in [-0.15, -0.1) is 10.2 Å². The smallest absolute Gasteiger partial charge is 0.335 e. The number of amides is 1. The molecule has 0 radical (unpaired) electrons. The number of alkyl halides is 3. The molecule has 0 saturated carbocycles. The van der Waals surface area contributed by atoms with E-state index >= 15 is 0 Å². The highest BCUT2D eigenvalue weighted by Gasteiger charge is 2.38. The lowest BCUT2D eigenvalue weighted by Gasteiger charge is -2.20. The molecule has 23 heavy (non-hydrogen) atoms. The molecule has 1 aromatic carbocycles. The Morgan fingerprint density at radius 1 is 1.30 bits per heavy atom. The molecule has 0 aliphatic rings. The minimum Gasteiger partial charge on any atom is -0.335 e. The minimum absolute atomic E-state index is 0.181. The molecule has 124 valence electrons. The molecule has 1 aromatic heterocycles. The molecular formula is C13H14F3N5OS. The molecule has 0 spiro atoms. The normalized spacial score (nSPS) is 12.9. The summed E-state index contributed by atoms with van der Waals surface area (Å²) in [5.74, 6) is 3.75. The fourth-order valence-corrected chi connectivity index (χ4v) is 2.67. The largest absolute Gasteiger partial charge is 0.453 e. The molecule has 10 heteroatoms. The van der Waals surface area contributed by atoms with Gasteiger partial charge >= 0.3 is 6.18 Å². The number of hydrogen-bond donors (Lipinski definition) is 1. The Labute approximate surface area is 134 Å². The maximum atomic E-state index is 12.6. The van der Waals surface area contributed by atoms with Gasteiger partial charge in [-0.2, -0.15) is 13.2 Å². The van der Waals surface area contributed by atoms with Gasteiger partial charge in [-0.25, -0.2) is 4.68 Å². The van der Waals surface area contributed by atoms with Gasteiger partial charge in [0.25, 0.3) is 5.82 Å². The molecule has 0 saturated heterocycles. The zero-order valence-corrected chi connectivity index (χ0v) is 13.1. The highest BCUT2D eigenvalue weighted by molar-refractivity contribution is 8.00. The van der Waals surface area contributed by atoms with Crippen LogP contribution in [-0.2, 0) is 11.0 Å². The molecule has 2 aromatic rings. The second-order valence-corrected chi connectivity index (χ2v) is 5.97. The summed E-state index contributed by atoms with van der Waals surface area (Å²) >= 11 is 0.811. The lowest BCUT2D eigenvalue weighted by atomic mass is 10.3. The first kappa shape index (κ1) is 17.1. The Bertz CT molecular complexity index is 689. The van der Waals surface area contributed by atoms with Crippen molar-refractivity contribution >= 4 is 23.4 Å². The monoisotopic (exact) mass is 345 g/mol. The third kappa shape index (κ3) is 3.76. The van der Waals surface area contributed by atoms with Gasteiger partial charge in [0.15, 0.2) is 0 Å². The number of thioether (sulfide) groups is 1. The maximum Gasteiger partial charge on any atom is 0.453 e. The van der Waals surface area contributed by atoms with Crippen LogP contribution in [0.25, 0.3) is 0 Å². The number of anilines is 1. The van der Waals surface area contributed by atoms with Crippen LogP contribution in [0.1, 0.15) is 12.7 Å². The molecule has 1 atom stereocenters. The van der Waals surface area contributed by atoms with Gasteiger partial charge in [0.2, 0.25) is 11.1 Å². The zero-order chi connectivity index (χ0) is 17.2. The lowest BCUT2D eigenvalue weighted by molar-refractivity contribution is -0.146. The Kier molecular flexibility index (Phi) is 4.83. The van der Waals surface area contributed by atoms with Crippen LogP contribution < -0.4 is 10.7 Å². The number of nitrogens with zero attached hydrogens (tertiary/aromatic N) is 4. The topological polar surface area (TPSA) is 77.0 Å². The molecule has 6 nitrogen and oxygen atoms in total. The molecule has 2 rings (SSSR count). The fourth-order valence-electron chi connectivity index (χ4n) is 1.81. The van der Waals surface area contributed by atoms with Crippen molar-refractivity contribution in [2.75, 3.05) is 17.8 Å². The summed E-state index contributed by atoms with van der Waals surface area (Å²) in [6.07, 6.45) is -4.70. The van der Waals surface area contributed by atoms with Gasteiger partial charge in [0.05, 0.1) is 5.25 Å². The van der Waals surface area contributed by atoms with Crippen LogP contribution in [0.3, 0.4) is 0 Å².